The molecule has 0 bridgehead atoms. The Morgan fingerprint density at radius 2 is 1.86 bits per heavy atom. The first-order valence-electron chi connectivity index (χ1n) is 13.1. The molecule has 0 saturated carbocycles. The van der Waals surface area contributed by atoms with E-state index in [2.05, 4.69) is 15.8 Å². The van der Waals surface area contributed by atoms with Gasteiger partial charge in [0.2, 0.25) is 11.8 Å². The number of nitrogens with zero attached hydrogens (tertiary/aromatic N) is 1. The number of fused-ring (bicyclic) bond motifs is 1. The van der Waals surface area contributed by atoms with Crippen LogP contribution in [0.15, 0.2) is 36.4 Å². The van der Waals surface area contributed by atoms with Crippen molar-refractivity contribution < 1.29 is 47.0 Å². The van der Waals surface area contributed by atoms with Gasteiger partial charge in [-0.2, -0.15) is 13.2 Å². The molecule has 0 spiro atoms. The zero-order valence-electron chi connectivity index (χ0n) is 23.6. The van der Waals surface area contributed by atoms with Gasteiger partial charge in [-0.15, -0.1) is 0 Å². The summed E-state index contributed by atoms with van der Waals surface area (Å²) in [6.45, 7) is 5.56. The number of unbranched alkanes of at least 4 members (excludes halogenated alkanes) is 2. The Labute approximate surface area is 240 Å². The van der Waals surface area contributed by atoms with Crippen molar-refractivity contribution in [3.63, 3.8) is 0 Å². The van der Waals surface area contributed by atoms with Gasteiger partial charge in [0.1, 0.15) is 11.3 Å². The molecule has 42 heavy (non-hydrogen) atoms. The molecule has 0 radical (unpaired) electrons. The van der Waals surface area contributed by atoms with Crippen molar-refractivity contribution in [1.29, 1.82) is 0 Å². The fraction of sp³-hybridized carbons (Fsp3) is 0.393. The van der Waals surface area contributed by atoms with Crippen LogP contribution in [0.5, 0.6) is 23.1 Å². The lowest BCUT2D eigenvalue weighted by molar-refractivity contribution is -0.137. The van der Waals surface area contributed by atoms with Crippen LogP contribution in [0, 0.1) is 6.92 Å². The van der Waals surface area contributed by atoms with Gasteiger partial charge in [-0.25, -0.2) is 20.7 Å². The molecule has 0 unspecified atom stereocenters. The number of carbonyl (C=O) groups is 2. The molecule has 3 aromatic rings. The highest BCUT2D eigenvalue weighted by Crippen LogP contribution is 2.45. The fourth-order valence-electron chi connectivity index (χ4n) is 3.97. The monoisotopic (exact) mass is 594 g/mol. The molecule has 0 aliphatic carbocycles. The molecular weight excluding hydrogens is 561 g/mol. The molecule has 0 aliphatic heterocycles. The van der Waals surface area contributed by atoms with Crippen LogP contribution in [-0.2, 0) is 15.8 Å². The average Bonchev–Trinajstić information content (AvgIpc) is 2.92. The Morgan fingerprint density at radius 1 is 1.10 bits per heavy atom. The van der Waals surface area contributed by atoms with Crippen molar-refractivity contribution in [1.82, 2.24) is 15.9 Å². The quantitative estimate of drug-likeness (QED) is 0.103. The third kappa shape index (κ3) is 8.85. The van der Waals surface area contributed by atoms with Gasteiger partial charge in [-0.3, -0.25) is 14.8 Å². The predicted octanol–water partition coefficient (Wildman–Crippen LogP) is 6.27. The van der Waals surface area contributed by atoms with E-state index in [1.54, 1.807) is 18.5 Å². The van der Waals surface area contributed by atoms with Crippen LogP contribution in [0.3, 0.4) is 0 Å². The number of nitrogens with one attached hydrogen (secondary N) is 3. The van der Waals surface area contributed by atoms with Gasteiger partial charge in [-0.1, -0.05) is 12.5 Å². The van der Waals surface area contributed by atoms with Crippen LogP contribution >= 0.6 is 0 Å². The van der Waals surface area contributed by atoms with Crippen LogP contribution in [0.25, 0.3) is 10.9 Å². The van der Waals surface area contributed by atoms with E-state index in [4.69, 9.17) is 24.3 Å². The van der Waals surface area contributed by atoms with Crippen molar-refractivity contribution in [3.8, 4) is 23.1 Å². The summed E-state index contributed by atoms with van der Waals surface area (Å²) >= 11 is 0. The number of aromatic nitrogens is 1. The smallest absolute Gasteiger partial charge is 0.416 e. The summed E-state index contributed by atoms with van der Waals surface area (Å²) < 4.78 is 57.2. The molecule has 228 valence electrons. The molecule has 0 fully saturated rings. The normalized spacial score (nSPS) is 11.4. The standard InChI is InChI=1S/C28H33F3N4O7/c1-16(2)41-23-13-17(3)24-25(33-23)20(32-27(37)35-40-12-7-5-6-11-22(36)34-38)15-21(39-4)26(24)42-19-10-8-9-18(14-19)28(29,30)31/h8-10,13-16,38H,5-7,11-12H2,1-4H3,(H,34,36)(H2,32,35,37). The largest absolute Gasteiger partial charge is 0.493 e. The Morgan fingerprint density at radius 3 is 2.52 bits per heavy atom. The van der Waals surface area contributed by atoms with Gasteiger partial charge in [0, 0.05) is 18.6 Å². The molecule has 1 heterocycles. The third-order valence-corrected chi connectivity index (χ3v) is 5.82. The van der Waals surface area contributed by atoms with Gasteiger partial charge < -0.3 is 19.5 Å². The number of carbonyl (C=O) groups excluding carboxylic acids is 2. The van der Waals surface area contributed by atoms with Gasteiger partial charge >= 0.3 is 12.2 Å². The number of amides is 3. The summed E-state index contributed by atoms with van der Waals surface area (Å²) in [5.74, 6) is -0.0569. The number of ether oxygens (including phenoxy) is 3. The SMILES string of the molecule is COc1cc(NC(=O)NOCCCCCC(=O)NO)c2nc(OC(C)C)cc(C)c2c1Oc1cccc(C(F)(F)F)c1. The first kappa shape index (κ1) is 32.2. The minimum absolute atomic E-state index is 0.0739. The van der Waals surface area contributed by atoms with Crippen LogP contribution < -0.4 is 30.5 Å². The summed E-state index contributed by atoms with van der Waals surface area (Å²) in [4.78, 5) is 33.4. The molecule has 14 heteroatoms. The zero-order chi connectivity index (χ0) is 30.9. The number of anilines is 1. The number of hydrogen-bond donors (Lipinski definition) is 4. The number of benzene rings is 2. The van der Waals surface area contributed by atoms with E-state index >= 15 is 0 Å². The molecule has 3 rings (SSSR count). The van der Waals surface area contributed by atoms with Crippen molar-refractivity contribution in [2.75, 3.05) is 19.0 Å². The van der Waals surface area contributed by atoms with Crippen molar-refractivity contribution in [2.45, 2.75) is 58.7 Å². The zero-order valence-corrected chi connectivity index (χ0v) is 23.6. The van der Waals surface area contributed by atoms with E-state index in [1.165, 1.54) is 25.3 Å². The summed E-state index contributed by atoms with van der Waals surface area (Å²) in [5.41, 5.74) is 4.00. The van der Waals surface area contributed by atoms with Crippen LogP contribution in [0.2, 0.25) is 0 Å². The number of aryl methyl sites for hydroxylation is 1. The molecule has 2 aromatic carbocycles. The molecule has 4 N–H and O–H groups in total. The minimum atomic E-state index is -4.56. The lowest BCUT2D eigenvalue weighted by Gasteiger charge is -2.19. The number of pyridine rings is 1. The second kappa shape index (κ2) is 14.5. The van der Waals surface area contributed by atoms with Crippen LogP contribution in [-0.4, -0.2) is 42.0 Å². The number of urea groups is 1. The minimum Gasteiger partial charge on any atom is -0.493 e. The second-order valence-corrected chi connectivity index (χ2v) is 9.50. The molecule has 3 amide bonds. The maximum absolute atomic E-state index is 13.3. The highest BCUT2D eigenvalue weighted by Gasteiger charge is 2.31. The highest BCUT2D eigenvalue weighted by molar-refractivity contribution is 6.04. The van der Waals surface area contributed by atoms with Gasteiger partial charge in [0.15, 0.2) is 11.5 Å². The Hall–Kier alpha value is -4.30. The Balaban J connectivity index is 1.89. The third-order valence-electron chi connectivity index (χ3n) is 5.82. The van der Waals surface area contributed by atoms with E-state index < -0.39 is 23.7 Å². The van der Waals surface area contributed by atoms with Gasteiger partial charge in [0.05, 0.1) is 36.5 Å². The van der Waals surface area contributed by atoms with E-state index in [0.29, 0.717) is 30.2 Å². The lowest BCUT2D eigenvalue weighted by atomic mass is 10.1. The topological polar surface area (TPSA) is 140 Å². The van der Waals surface area contributed by atoms with E-state index in [1.807, 2.05) is 13.8 Å². The number of methoxy groups -OCH3 is 1. The fourth-order valence-corrected chi connectivity index (χ4v) is 3.97. The molecule has 0 atom stereocenters. The van der Waals surface area contributed by atoms with Crippen molar-refractivity contribution in [2.24, 2.45) is 0 Å². The summed E-state index contributed by atoms with van der Waals surface area (Å²) in [6, 6.07) is 6.80. The molecule has 11 nitrogen and oxygen atoms in total. The number of hydrogen-bond acceptors (Lipinski definition) is 8. The van der Waals surface area contributed by atoms with Gasteiger partial charge in [-0.05, 0) is 57.4 Å². The van der Waals surface area contributed by atoms with Crippen molar-refractivity contribution in [3.05, 3.63) is 47.5 Å². The maximum Gasteiger partial charge on any atom is 0.416 e. The first-order chi connectivity index (χ1) is 19.9. The van der Waals surface area contributed by atoms with E-state index in [-0.39, 0.29) is 53.5 Å². The average molecular weight is 595 g/mol. The molecule has 1 aromatic heterocycles. The van der Waals surface area contributed by atoms with E-state index in [0.717, 1.165) is 12.1 Å². The van der Waals surface area contributed by atoms with Gasteiger partial charge in [0.25, 0.3) is 0 Å². The number of hydroxylamine groups is 2. The molecule has 0 aliphatic rings. The Bertz CT molecular complexity index is 1400. The summed E-state index contributed by atoms with van der Waals surface area (Å²) in [7, 11) is 1.36. The van der Waals surface area contributed by atoms with Crippen molar-refractivity contribution >= 4 is 28.5 Å². The Kier molecular flexibility index (Phi) is 11.2. The molecule has 0 saturated heterocycles. The van der Waals surface area contributed by atoms with Crippen LogP contribution in [0.4, 0.5) is 23.7 Å². The predicted molar refractivity (Wildman–Crippen MR) is 147 cm³/mol. The summed E-state index contributed by atoms with van der Waals surface area (Å²) in [5, 5.41) is 11.5. The second-order valence-electron chi connectivity index (χ2n) is 9.50. The van der Waals surface area contributed by atoms with Crippen LogP contribution in [0.1, 0.15) is 50.7 Å². The van der Waals surface area contributed by atoms with E-state index in [9.17, 15) is 22.8 Å². The summed E-state index contributed by atoms with van der Waals surface area (Å²) in [6.07, 6.45) is -2.89. The highest BCUT2D eigenvalue weighted by atomic mass is 19.4. The maximum atomic E-state index is 13.3. The first-order valence-corrected chi connectivity index (χ1v) is 13.1. The lowest BCUT2D eigenvalue weighted by Crippen LogP contribution is -2.29. The number of alkyl halides is 3. The number of halogens is 3. The molecular formula is C28H33F3N4O7. The number of rotatable bonds is 13.